The molecule has 0 heterocycles. The molecule has 160 valence electrons. The van der Waals surface area contributed by atoms with Crippen LogP contribution in [-0.4, -0.2) is 6.29 Å². The molecular formula is C31H25NO. The summed E-state index contributed by atoms with van der Waals surface area (Å²) < 4.78 is 0. The van der Waals surface area contributed by atoms with Crippen LogP contribution in [0.15, 0.2) is 121 Å². The van der Waals surface area contributed by atoms with Gasteiger partial charge in [0.15, 0.2) is 6.29 Å². The molecule has 0 amide bonds. The van der Waals surface area contributed by atoms with E-state index in [4.69, 9.17) is 0 Å². The quantitative estimate of drug-likeness (QED) is 0.246. The second-order valence-corrected chi connectivity index (χ2v) is 8.15. The number of rotatable bonds is 7. The van der Waals surface area contributed by atoms with E-state index in [9.17, 15) is 4.79 Å². The third-order valence-electron chi connectivity index (χ3n) is 6.09. The maximum atomic E-state index is 11.8. The minimum atomic E-state index is 0.809. The van der Waals surface area contributed by atoms with Crippen molar-refractivity contribution in [3.05, 3.63) is 138 Å². The summed E-state index contributed by atoms with van der Waals surface area (Å²) in [5.41, 5.74) is 6.54. The summed E-state index contributed by atoms with van der Waals surface area (Å²) >= 11 is 0. The molecule has 0 saturated carbocycles. The van der Waals surface area contributed by atoms with Crippen LogP contribution in [0.5, 0.6) is 0 Å². The zero-order valence-corrected chi connectivity index (χ0v) is 18.4. The number of benzene rings is 5. The molecule has 33 heavy (non-hydrogen) atoms. The highest BCUT2D eigenvalue weighted by atomic mass is 16.1. The lowest BCUT2D eigenvalue weighted by Gasteiger charge is -2.25. The first-order chi connectivity index (χ1) is 16.3. The number of para-hydroxylation sites is 2. The van der Waals surface area contributed by atoms with Crippen molar-refractivity contribution in [2.24, 2.45) is 0 Å². The van der Waals surface area contributed by atoms with Gasteiger partial charge in [-0.05, 0) is 71.1 Å². The minimum Gasteiger partial charge on any atom is -0.311 e. The van der Waals surface area contributed by atoms with E-state index in [0.717, 1.165) is 58.1 Å². The highest BCUT2D eigenvalue weighted by Crippen LogP contribution is 2.34. The van der Waals surface area contributed by atoms with E-state index in [-0.39, 0.29) is 0 Å². The fourth-order valence-corrected chi connectivity index (χ4v) is 4.39. The topological polar surface area (TPSA) is 20.3 Å². The van der Waals surface area contributed by atoms with Crippen molar-refractivity contribution in [1.29, 1.82) is 0 Å². The van der Waals surface area contributed by atoms with E-state index >= 15 is 0 Å². The number of nitrogens with zero attached hydrogens (tertiary/aromatic N) is 1. The number of fused-ring (bicyclic) bond motifs is 1. The number of anilines is 3. The molecule has 0 saturated heterocycles. The number of aryl methyl sites for hydroxylation is 2. The van der Waals surface area contributed by atoms with Gasteiger partial charge in [0, 0.05) is 22.6 Å². The van der Waals surface area contributed by atoms with Crippen LogP contribution < -0.4 is 4.90 Å². The Labute approximate surface area is 194 Å². The average Bonchev–Trinajstić information content (AvgIpc) is 2.89. The summed E-state index contributed by atoms with van der Waals surface area (Å²) in [6, 6.07) is 41.8. The van der Waals surface area contributed by atoms with Crippen molar-refractivity contribution in [3.8, 4) is 0 Å². The molecule has 0 spiro atoms. The van der Waals surface area contributed by atoms with Gasteiger partial charge in [0.1, 0.15) is 0 Å². The minimum absolute atomic E-state index is 0.809. The summed E-state index contributed by atoms with van der Waals surface area (Å²) in [5, 5.41) is 2.14. The second-order valence-electron chi connectivity index (χ2n) is 8.15. The molecule has 0 aromatic heterocycles. The standard InChI is InChI=1S/C31H25NO/c33-23-31-26(20-19-25-9-7-8-14-30(25)31)18-15-24-16-21-29(22-17-24)32(27-10-3-1-4-11-27)28-12-5-2-6-13-28/h1-14,16-17,19-23H,15,18H2. The van der Waals surface area contributed by atoms with Gasteiger partial charge < -0.3 is 4.90 Å². The summed E-state index contributed by atoms with van der Waals surface area (Å²) in [6.07, 6.45) is 2.72. The molecular weight excluding hydrogens is 402 g/mol. The summed E-state index contributed by atoms with van der Waals surface area (Å²) in [4.78, 5) is 14.1. The molecule has 2 nitrogen and oxygen atoms in total. The molecule has 0 N–H and O–H groups in total. The van der Waals surface area contributed by atoms with Crippen LogP contribution in [0.4, 0.5) is 17.1 Å². The Balaban J connectivity index is 1.39. The number of hydrogen-bond acceptors (Lipinski definition) is 2. The fraction of sp³-hybridized carbons (Fsp3) is 0.0645. The number of carbonyl (C=O) groups is 1. The predicted octanol–water partition coefficient (Wildman–Crippen LogP) is 7.91. The number of hydrogen-bond donors (Lipinski definition) is 0. The Hall–Kier alpha value is -4.17. The highest BCUT2D eigenvalue weighted by molar-refractivity contribution is 5.99. The fourth-order valence-electron chi connectivity index (χ4n) is 4.39. The predicted molar refractivity (Wildman–Crippen MR) is 138 cm³/mol. The Bertz CT molecular complexity index is 1320. The monoisotopic (exact) mass is 427 g/mol. The van der Waals surface area contributed by atoms with Crippen LogP contribution in [0.3, 0.4) is 0 Å². The van der Waals surface area contributed by atoms with E-state index < -0.39 is 0 Å². The van der Waals surface area contributed by atoms with Gasteiger partial charge in [-0.15, -0.1) is 0 Å². The normalized spacial score (nSPS) is 10.8. The first-order valence-electron chi connectivity index (χ1n) is 11.3. The summed E-state index contributed by atoms with van der Waals surface area (Å²) in [6.45, 7) is 0. The van der Waals surface area contributed by atoms with Crippen LogP contribution in [0.2, 0.25) is 0 Å². The molecule has 0 aliphatic carbocycles. The van der Waals surface area contributed by atoms with E-state index in [1.165, 1.54) is 5.56 Å². The van der Waals surface area contributed by atoms with E-state index in [1.54, 1.807) is 0 Å². The van der Waals surface area contributed by atoms with E-state index in [1.807, 2.05) is 30.3 Å². The lowest BCUT2D eigenvalue weighted by molar-refractivity contribution is 0.112. The first kappa shape index (κ1) is 20.7. The zero-order valence-electron chi connectivity index (χ0n) is 18.4. The Kier molecular flexibility index (Phi) is 5.99. The Morgan fingerprint density at radius 3 is 1.76 bits per heavy atom. The molecule has 5 aromatic carbocycles. The largest absolute Gasteiger partial charge is 0.311 e. The maximum absolute atomic E-state index is 11.8. The molecule has 0 unspecified atom stereocenters. The van der Waals surface area contributed by atoms with Gasteiger partial charge in [-0.25, -0.2) is 0 Å². The number of carbonyl (C=O) groups excluding carboxylic acids is 1. The van der Waals surface area contributed by atoms with Gasteiger partial charge in [-0.3, -0.25) is 4.79 Å². The molecule has 0 atom stereocenters. The Morgan fingerprint density at radius 2 is 1.12 bits per heavy atom. The summed E-state index contributed by atoms with van der Waals surface area (Å²) in [7, 11) is 0. The van der Waals surface area contributed by atoms with Crippen molar-refractivity contribution in [1.82, 2.24) is 0 Å². The lowest BCUT2D eigenvalue weighted by Crippen LogP contribution is -2.09. The third kappa shape index (κ3) is 4.42. The van der Waals surface area contributed by atoms with E-state index in [2.05, 4.69) is 95.9 Å². The van der Waals surface area contributed by atoms with Gasteiger partial charge in [0.2, 0.25) is 0 Å². The molecule has 2 heteroatoms. The first-order valence-corrected chi connectivity index (χ1v) is 11.3. The lowest BCUT2D eigenvalue weighted by atomic mass is 9.95. The van der Waals surface area contributed by atoms with Crippen molar-refractivity contribution >= 4 is 34.1 Å². The van der Waals surface area contributed by atoms with Crippen LogP contribution in [0, 0.1) is 0 Å². The Morgan fingerprint density at radius 1 is 0.545 bits per heavy atom. The van der Waals surface area contributed by atoms with Gasteiger partial charge in [-0.2, -0.15) is 0 Å². The van der Waals surface area contributed by atoms with Crippen molar-refractivity contribution < 1.29 is 4.79 Å². The molecule has 5 rings (SSSR count). The maximum Gasteiger partial charge on any atom is 0.150 e. The molecule has 0 bridgehead atoms. The molecule has 0 aliphatic rings. The molecule has 0 radical (unpaired) electrons. The van der Waals surface area contributed by atoms with E-state index in [0.29, 0.717) is 0 Å². The summed E-state index contributed by atoms with van der Waals surface area (Å²) in [5.74, 6) is 0. The molecule has 0 fully saturated rings. The van der Waals surface area contributed by atoms with Crippen LogP contribution in [0.25, 0.3) is 10.8 Å². The third-order valence-corrected chi connectivity index (χ3v) is 6.09. The van der Waals surface area contributed by atoms with Gasteiger partial charge in [0.05, 0.1) is 0 Å². The van der Waals surface area contributed by atoms with Gasteiger partial charge in [0.25, 0.3) is 0 Å². The SMILES string of the molecule is O=Cc1c(CCc2ccc(N(c3ccccc3)c3ccccc3)cc2)ccc2ccccc12. The van der Waals surface area contributed by atoms with Crippen LogP contribution >= 0.6 is 0 Å². The highest BCUT2D eigenvalue weighted by Gasteiger charge is 2.12. The second kappa shape index (κ2) is 9.54. The van der Waals surface area contributed by atoms with Crippen molar-refractivity contribution in [3.63, 3.8) is 0 Å². The molecule has 5 aromatic rings. The van der Waals surface area contributed by atoms with Gasteiger partial charge in [-0.1, -0.05) is 84.9 Å². The number of aldehydes is 1. The van der Waals surface area contributed by atoms with Crippen molar-refractivity contribution in [2.45, 2.75) is 12.8 Å². The van der Waals surface area contributed by atoms with Crippen LogP contribution in [0.1, 0.15) is 21.5 Å². The van der Waals surface area contributed by atoms with Gasteiger partial charge >= 0.3 is 0 Å². The van der Waals surface area contributed by atoms with Crippen molar-refractivity contribution in [2.75, 3.05) is 4.90 Å². The molecule has 0 aliphatic heterocycles. The van der Waals surface area contributed by atoms with Crippen LogP contribution in [-0.2, 0) is 12.8 Å². The average molecular weight is 428 g/mol. The smallest absolute Gasteiger partial charge is 0.150 e. The zero-order chi connectivity index (χ0) is 22.5.